The largest absolute Gasteiger partial charge is 0.392 e. The van der Waals surface area contributed by atoms with Gasteiger partial charge in [0.15, 0.2) is 0 Å². The van der Waals surface area contributed by atoms with Crippen LogP contribution >= 0.6 is 33.0 Å². The minimum atomic E-state index is -1.67. The van der Waals surface area contributed by atoms with E-state index >= 15 is 0 Å². The summed E-state index contributed by atoms with van der Waals surface area (Å²) in [5.74, 6) is 0.484. The Morgan fingerprint density at radius 2 is 1.28 bits per heavy atom. The van der Waals surface area contributed by atoms with E-state index in [9.17, 15) is 0 Å². The second-order valence-corrected chi connectivity index (χ2v) is 8.93. The smallest absolute Gasteiger partial charge is 0.211 e. The Bertz CT molecular complexity index is 1240. The van der Waals surface area contributed by atoms with Crippen molar-refractivity contribution in [3.63, 3.8) is 0 Å². The van der Waals surface area contributed by atoms with Crippen LogP contribution in [0.15, 0.2) is 60.9 Å². The lowest BCUT2D eigenvalue weighted by molar-refractivity contribution is 0.282. The molecule has 0 amide bonds. The molecule has 6 nitrogen and oxygen atoms in total. The Morgan fingerprint density at radius 1 is 0.844 bits per heavy atom. The zero-order valence-electron chi connectivity index (χ0n) is 16.4. The maximum absolute atomic E-state index is 9.09. The van der Waals surface area contributed by atoms with Crippen molar-refractivity contribution in [3.05, 3.63) is 94.9 Å². The minimum Gasteiger partial charge on any atom is -0.392 e. The van der Waals surface area contributed by atoms with Gasteiger partial charge in [0, 0.05) is 39.6 Å². The average molecular weight is 506 g/mol. The Hall–Kier alpha value is -2.78. The van der Waals surface area contributed by atoms with Crippen LogP contribution in [0.2, 0.25) is 0 Å². The Balaban J connectivity index is 0.000000195. The molecule has 162 valence electrons. The fourth-order valence-electron chi connectivity index (χ4n) is 2.64. The highest BCUT2D eigenvalue weighted by atomic mass is 36.0. The van der Waals surface area contributed by atoms with Crippen molar-refractivity contribution in [3.8, 4) is 0 Å². The Morgan fingerprint density at radius 3 is 1.69 bits per heavy atom. The zero-order valence-corrected chi connectivity index (χ0v) is 19.5. The number of aromatic nitrogens is 2. The van der Waals surface area contributed by atoms with Gasteiger partial charge in [0.05, 0.1) is 30.8 Å². The number of fused-ring (bicyclic) bond motifs is 2. The Labute approximate surface area is 201 Å². The van der Waals surface area contributed by atoms with Crippen molar-refractivity contribution in [1.29, 1.82) is 0 Å². The maximum atomic E-state index is 9.09. The van der Waals surface area contributed by atoms with Crippen LogP contribution in [0.1, 0.15) is 11.1 Å². The van der Waals surface area contributed by atoms with Crippen LogP contribution < -0.4 is 0 Å². The SMILES string of the molecule is O=S(Cl)Cl.[C-]#[N+]c1cnc2ccc(CCl)cc2c1.[C-]#[N+]c1cnc2ccc(CO)cc2c1. The van der Waals surface area contributed by atoms with E-state index in [1.807, 2.05) is 42.5 Å². The first-order valence-corrected chi connectivity index (χ1v) is 12.2. The van der Waals surface area contributed by atoms with Crippen LogP contribution in [-0.2, 0) is 21.7 Å². The number of alkyl halides is 1. The quantitative estimate of drug-likeness (QED) is 0.184. The molecule has 32 heavy (non-hydrogen) atoms. The van der Waals surface area contributed by atoms with Gasteiger partial charge in [0.1, 0.15) is 0 Å². The molecule has 2 aromatic carbocycles. The predicted octanol–water partition coefficient (Wildman–Crippen LogP) is 6.84. The molecule has 0 spiro atoms. The van der Waals surface area contributed by atoms with Crippen LogP contribution in [0, 0.1) is 13.1 Å². The number of aliphatic hydroxyl groups is 1. The van der Waals surface area contributed by atoms with Crippen LogP contribution in [0.25, 0.3) is 31.5 Å². The predicted molar refractivity (Wildman–Crippen MR) is 131 cm³/mol. The van der Waals surface area contributed by atoms with E-state index < -0.39 is 9.23 Å². The molecule has 0 atom stereocenters. The lowest BCUT2D eigenvalue weighted by Gasteiger charge is -2.00. The highest BCUT2D eigenvalue weighted by Gasteiger charge is 1.99. The number of pyridine rings is 2. The second-order valence-electron chi connectivity index (χ2n) is 6.14. The van der Waals surface area contributed by atoms with Gasteiger partial charge >= 0.3 is 0 Å². The van der Waals surface area contributed by atoms with Crippen molar-refractivity contribution < 1.29 is 9.32 Å². The number of hydrogen-bond acceptors (Lipinski definition) is 4. The molecule has 4 aromatic rings. The number of aliphatic hydroxyl groups excluding tert-OH is 1. The third kappa shape index (κ3) is 7.72. The topological polar surface area (TPSA) is 71.8 Å². The van der Waals surface area contributed by atoms with Crippen molar-refractivity contribution >= 4 is 75.4 Å². The molecule has 10 heteroatoms. The molecule has 2 aromatic heterocycles. The van der Waals surface area contributed by atoms with E-state index in [4.69, 9.17) is 34.1 Å². The van der Waals surface area contributed by atoms with Crippen molar-refractivity contribution in [2.45, 2.75) is 12.5 Å². The van der Waals surface area contributed by atoms with Crippen LogP contribution in [0.3, 0.4) is 0 Å². The monoisotopic (exact) mass is 504 g/mol. The summed E-state index contributed by atoms with van der Waals surface area (Å²) in [7, 11) is 7.36. The second kappa shape index (κ2) is 12.9. The van der Waals surface area contributed by atoms with Crippen molar-refractivity contribution in [2.24, 2.45) is 0 Å². The molecular weight excluding hydrogens is 491 g/mol. The van der Waals surface area contributed by atoms with Crippen LogP contribution in [0.4, 0.5) is 11.4 Å². The molecule has 0 aliphatic heterocycles. The van der Waals surface area contributed by atoms with Gasteiger partial charge in [0.2, 0.25) is 20.6 Å². The maximum Gasteiger partial charge on any atom is 0.211 e. The summed E-state index contributed by atoms with van der Waals surface area (Å²) >= 11 is 5.72. The van der Waals surface area contributed by atoms with E-state index in [1.165, 1.54) is 0 Å². The number of nitrogens with zero attached hydrogens (tertiary/aromatic N) is 4. The fraction of sp³-hybridized carbons (Fsp3) is 0.0909. The summed E-state index contributed by atoms with van der Waals surface area (Å²) < 4.78 is 9.09. The molecule has 0 unspecified atom stereocenters. The normalized spacial score (nSPS) is 9.84. The van der Waals surface area contributed by atoms with Gasteiger partial charge in [-0.2, -0.15) is 0 Å². The standard InChI is InChI=1S/C11H7ClN2.C11H8N2O.Cl2OS/c1-13-10-5-9-4-8(6-12)2-3-11(9)14-7-10;1-12-10-5-9-4-8(7-14)2-3-11(9)13-6-10;1-4(2)3/h2-5,7H,6H2;2-6,14H,7H2;. The van der Waals surface area contributed by atoms with E-state index in [-0.39, 0.29) is 6.61 Å². The van der Waals surface area contributed by atoms with Gasteiger partial charge in [0.25, 0.3) is 0 Å². The van der Waals surface area contributed by atoms with Crippen LogP contribution in [0.5, 0.6) is 0 Å². The highest BCUT2D eigenvalue weighted by Crippen LogP contribution is 2.21. The molecule has 0 bridgehead atoms. The summed E-state index contributed by atoms with van der Waals surface area (Å²) in [5, 5.41) is 10.8. The van der Waals surface area contributed by atoms with Gasteiger partial charge < -0.3 is 5.11 Å². The summed E-state index contributed by atoms with van der Waals surface area (Å²) in [6.45, 7) is 13.7. The van der Waals surface area contributed by atoms with E-state index in [0.29, 0.717) is 17.3 Å². The molecule has 0 saturated heterocycles. The van der Waals surface area contributed by atoms with Gasteiger partial charge in [-0.15, -0.1) is 11.6 Å². The molecular formula is C22H15Cl3N4O2S. The molecule has 2 heterocycles. The third-order valence-corrected chi connectivity index (χ3v) is 4.37. The van der Waals surface area contributed by atoms with Crippen LogP contribution in [-0.4, -0.2) is 19.3 Å². The highest BCUT2D eigenvalue weighted by molar-refractivity contribution is 8.26. The average Bonchev–Trinajstić information content (AvgIpc) is 2.82. The first kappa shape index (κ1) is 25.5. The van der Waals surface area contributed by atoms with Crippen molar-refractivity contribution in [2.75, 3.05) is 0 Å². The number of hydrogen-bond donors (Lipinski definition) is 1. The molecule has 4 rings (SSSR count). The molecule has 0 radical (unpaired) electrons. The summed E-state index contributed by atoms with van der Waals surface area (Å²) in [6.07, 6.45) is 3.13. The number of benzene rings is 2. The number of rotatable bonds is 2. The molecule has 0 saturated carbocycles. The van der Waals surface area contributed by atoms with E-state index in [1.54, 1.807) is 18.5 Å². The Kier molecular flexibility index (Phi) is 10.3. The summed E-state index contributed by atoms with van der Waals surface area (Å²) in [4.78, 5) is 14.9. The van der Waals surface area contributed by atoms with Crippen molar-refractivity contribution in [1.82, 2.24) is 9.97 Å². The van der Waals surface area contributed by atoms with Gasteiger partial charge in [-0.25, -0.2) is 13.9 Å². The zero-order chi connectivity index (χ0) is 23.5. The molecule has 0 aliphatic carbocycles. The van der Waals surface area contributed by atoms with Gasteiger partial charge in [-0.1, -0.05) is 12.1 Å². The van der Waals surface area contributed by atoms with Gasteiger partial charge in [-0.3, -0.25) is 9.97 Å². The molecule has 0 fully saturated rings. The number of halogens is 3. The lowest BCUT2D eigenvalue weighted by Crippen LogP contribution is -1.84. The molecule has 1 N–H and O–H groups in total. The minimum absolute atomic E-state index is 0.0121. The summed E-state index contributed by atoms with van der Waals surface area (Å²) in [6, 6.07) is 14.9. The first-order chi connectivity index (χ1) is 15.4. The summed E-state index contributed by atoms with van der Waals surface area (Å²) in [5.41, 5.74) is 4.70. The fourth-order valence-corrected chi connectivity index (χ4v) is 2.81. The van der Waals surface area contributed by atoms with E-state index in [0.717, 1.165) is 32.9 Å². The van der Waals surface area contributed by atoms with Gasteiger partial charge in [-0.05, 0) is 58.3 Å². The van der Waals surface area contributed by atoms with E-state index in [2.05, 4.69) is 41.0 Å². The molecule has 0 aliphatic rings. The first-order valence-electron chi connectivity index (χ1n) is 8.83. The third-order valence-electron chi connectivity index (χ3n) is 4.06. The lowest BCUT2D eigenvalue weighted by atomic mass is 10.1.